The number of hydrogen-bond donors (Lipinski definition) is 1. The molecule has 0 amide bonds. The highest BCUT2D eigenvalue weighted by atomic mass is 79.9. The Kier molecular flexibility index (Phi) is 5.20. The second-order valence-corrected chi connectivity index (χ2v) is 5.53. The molecular weight excluding hydrogens is 339 g/mol. The number of methoxy groups -OCH3 is 1. The van der Waals surface area contributed by atoms with E-state index in [2.05, 4.69) is 15.9 Å². The van der Waals surface area contributed by atoms with Gasteiger partial charge >= 0.3 is 0 Å². The molecule has 0 bridgehead atoms. The maximum absolute atomic E-state index is 13.6. The average molecular weight is 355 g/mol. The standard InChI is InChI=1S/C16H16BrFO3/c1-10(19)13-8-12(17)4-6-15(13)21-9-11-3-5-16(20-2)14(18)7-11/h3-8,10,19H,9H2,1-2H3/t10-/m1/s1. The molecule has 2 aromatic carbocycles. The highest BCUT2D eigenvalue weighted by Crippen LogP contribution is 2.29. The number of ether oxygens (including phenoxy) is 2. The van der Waals surface area contributed by atoms with Crippen LogP contribution in [-0.4, -0.2) is 12.2 Å². The summed E-state index contributed by atoms with van der Waals surface area (Å²) in [5.74, 6) is 0.349. The summed E-state index contributed by atoms with van der Waals surface area (Å²) >= 11 is 3.36. The van der Waals surface area contributed by atoms with Gasteiger partial charge in [0.05, 0.1) is 13.2 Å². The quantitative estimate of drug-likeness (QED) is 0.873. The molecule has 21 heavy (non-hydrogen) atoms. The van der Waals surface area contributed by atoms with Crippen LogP contribution < -0.4 is 9.47 Å². The molecule has 2 aromatic rings. The summed E-state index contributed by atoms with van der Waals surface area (Å²) in [5, 5.41) is 9.76. The van der Waals surface area contributed by atoms with Crippen LogP contribution in [-0.2, 0) is 6.61 Å². The van der Waals surface area contributed by atoms with E-state index in [1.807, 2.05) is 6.07 Å². The minimum atomic E-state index is -0.648. The van der Waals surface area contributed by atoms with Crippen LogP contribution >= 0.6 is 15.9 Å². The van der Waals surface area contributed by atoms with Crippen LogP contribution in [0.25, 0.3) is 0 Å². The second-order valence-electron chi connectivity index (χ2n) is 4.62. The van der Waals surface area contributed by atoms with Crippen LogP contribution in [0.1, 0.15) is 24.2 Å². The van der Waals surface area contributed by atoms with Crippen LogP contribution in [0.3, 0.4) is 0 Å². The number of aliphatic hydroxyl groups is 1. The molecule has 112 valence electrons. The van der Waals surface area contributed by atoms with Crippen molar-refractivity contribution in [1.82, 2.24) is 0 Å². The topological polar surface area (TPSA) is 38.7 Å². The number of rotatable bonds is 5. The van der Waals surface area contributed by atoms with E-state index in [9.17, 15) is 9.50 Å². The number of benzene rings is 2. The zero-order valence-electron chi connectivity index (χ0n) is 11.8. The van der Waals surface area contributed by atoms with Gasteiger partial charge in [-0.15, -0.1) is 0 Å². The van der Waals surface area contributed by atoms with Crippen molar-refractivity contribution in [2.75, 3.05) is 7.11 Å². The first-order valence-electron chi connectivity index (χ1n) is 6.44. The molecule has 0 aliphatic rings. The van der Waals surface area contributed by atoms with Gasteiger partial charge in [0.25, 0.3) is 0 Å². The molecule has 0 saturated heterocycles. The van der Waals surface area contributed by atoms with Crippen molar-refractivity contribution < 1.29 is 19.0 Å². The lowest BCUT2D eigenvalue weighted by Crippen LogP contribution is -2.01. The van der Waals surface area contributed by atoms with E-state index in [4.69, 9.17) is 9.47 Å². The third kappa shape index (κ3) is 3.95. The van der Waals surface area contributed by atoms with Crippen LogP contribution in [0.4, 0.5) is 4.39 Å². The van der Waals surface area contributed by atoms with Gasteiger partial charge in [0.15, 0.2) is 11.6 Å². The molecule has 0 heterocycles. The highest BCUT2D eigenvalue weighted by Gasteiger charge is 2.11. The lowest BCUT2D eigenvalue weighted by atomic mass is 10.1. The fraction of sp³-hybridized carbons (Fsp3) is 0.250. The zero-order chi connectivity index (χ0) is 15.4. The van der Waals surface area contributed by atoms with Crippen LogP contribution in [0, 0.1) is 5.82 Å². The smallest absolute Gasteiger partial charge is 0.165 e. The minimum Gasteiger partial charge on any atom is -0.494 e. The second kappa shape index (κ2) is 6.91. The predicted octanol–water partition coefficient (Wildman–Crippen LogP) is 4.23. The molecule has 3 nitrogen and oxygen atoms in total. The van der Waals surface area contributed by atoms with E-state index in [0.717, 1.165) is 4.47 Å². The molecule has 0 radical (unpaired) electrons. The van der Waals surface area contributed by atoms with Crippen LogP contribution in [0.2, 0.25) is 0 Å². The van der Waals surface area contributed by atoms with Crippen molar-refractivity contribution in [3.8, 4) is 11.5 Å². The summed E-state index contributed by atoms with van der Waals surface area (Å²) in [4.78, 5) is 0. The van der Waals surface area contributed by atoms with E-state index in [1.165, 1.54) is 13.2 Å². The Balaban J connectivity index is 2.15. The Bertz CT molecular complexity index is 629. The van der Waals surface area contributed by atoms with Gasteiger partial charge in [0.2, 0.25) is 0 Å². The third-order valence-corrected chi connectivity index (χ3v) is 3.53. The first-order valence-corrected chi connectivity index (χ1v) is 7.23. The predicted molar refractivity (Wildman–Crippen MR) is 82.1 cm³/mol. The number of aliphatic hydroxyl groups excluding tert-OH is 1. The van der Waals surface area contributed by atoms with E-state index in [0.29, 0.717) is 16.9 Å². The average Bonchev–Trinajstić information content (AvgIpc) is 2.46. The van der Waals surface area contributed by atoms with Crippen molar-refractivity contribution in [1.29, 1.82) is 0 Å². The van der Waals surface area contributed by atoms with Gasteiger partial charge in [0.1, 0.15) is 12.4 Å². The fourth-order valence-electron chi connectivity index (χ4n) is 1.94. The Morgan fingerprint density at radius 2 is 1.90 bits per heavy atom. The van der Waals surface area contributed by atoms with Crippen LogP contribution in [0.5, 0.6) is 11.5 Å². The summed E-state index contributed by atoms with van der Waals surface area (Å²) < 4.78 is 25.0. The monoisotopic (exact) mass is 354 g/mol. The molecule has 0 aliphatic heterocycles. The third-order valence-electron chi connectivity index (χ3n) is 3.03. The Morgan fingerprint density at radius 3 is 2.52 bits per heavy atom. The fourth-order valence-corrected chi connectivity index (χ4v) is 2.32. The lowest BCUT2D eigenvalue weighted by Gasteiger charge is -2.14. The Morgan fingerprint density at radius 1 is 1.19 bits per heavy atom. The van der Waals surface area contributed by atoms with E-state index < -0.39 is 11.9 Å². The number of halogens is 2. The summed E-state index contributed by atoms with van der Waals surface area (Å²) in [7, 11) is 1.42. The van der Waals surface area contributed by atoms with Crippen molar-refractivity contribution in [3.63, 3.8) is 0 Å². The van der Waals surface area contributed by atoms with E-state index in [1.54, 1.807) is 31.2 Å². The maximum Gasteiger partial charge on any atom is 0.165 e. The zero-order valence-corrected chi connectivity index (χ0v) is 13.4. The van der Waals surface area contributed by atoms with Crippen LogP contribution in [0.15, 0.2) is 40.9 Å². The van der Waals surface area contributed by atoms with Crippen molar-refractivity contribution in [2.45, 2.75) is 19.6 Å². The first-order chi connectivity index (χ1) is 10.0. The SMILES string of the molecule is COc1ccc(COc2ccc(Br)cc2[C@@H](C)O)cc1F. The number of hydrogen-bond acceptors (Lipinski definition) is 3. The van der Waals surface area contributed by atoms with Gasteiger partial charge in [-0.1, -0.05) is 22.0 Å². The minimum absolute atomic E-state index is 0.201. The Hall–Kier alpha value is -1.59. The van der Waals surface area contributed by atoms with Gasteiger partial charge in [-0.3, -0.25) is 0 Å². The van der Waals surface area contributed by atoms with Crippen molar-refractivity contribution in [3.05, 3.63) is 57.8 Å². The summed E-state index contributed by atoms with van der Waals surface area (Å²) in [6.45, 7) is 1.88. The Labute approximate surface area is 131 Å². The first kappa shape index (κ1) is 15.8. The van der Waals surface area contributed by atoms with Gasteiger partial charge in [-0.2, -0.15) is 0 Å². The molecule has 1 atom stereocenters. The molecule has 2 rings (SSSR count). The van der Waals surface area contributed by atoms with Gasteiger partial charge in [-0.25, -0.2) is 4.39 Å². The molecule has 0 spiro atoms. The van der Waals surface area contributed by atoms with Gasteiger partial charge < -0.3 is 14.6 Å². The van der Waals surface area contributed by atoms with Crippen molar-refractivity contribution in [2.24, 2.45) is 0 Å². The molecule has 0 fully saturated rings. The maximum atomic E-state index is 13.6. The van der Waals surface area contributed by atoms with E-state index in [-0.39, 0.29) is 12.4 Å². The van der Waals surface area contributed by atoms with Gasteiger partial charge in [0, 0.05) is 10.0 Å². The molecule has 0 aromatic heterocycles. The lowest BCUT2D eigenvalue weighted by molar-refractivity contribution is 0.190. The van der Waals surface area contributed by atoms with Gasteiger partial charge in [-0.05, 0) is 42.8 Å². The molecular formula is C16H16BrFO3. The molecule has 0 saturated carbocycles. The molecule has 0 unspecified atom stereocenters. The summed E-state index contributed by atoms with van der Waals surface area (Å²) in [5.41, 5.74) is 1.37. The van der Waals surface area contributed by atoms with E-state index >= 15 is 0 Å². The molecule has 1 N–H and O–H groups in total. The molecule has 0 aliphatic carbocycles. The molecule has 5 heteroatoms. The normalized spacial score (nSPS) is 12.0. The largest absolute Gasteiger partial charge is 0.494 e. The summed E-state index contributed by atoms with van der Waals surface area (Å²) in [6.07, 6.45) is -0.648. The summed E-state index contributed by atoms with van der Waals surface area (Å²) in [6, 6.07) is 10.1. The highest BCUT2D eigenvalue weighted by molar-refractivity contribution is 9.10. The van der Waals surface area contributed by atoms with Crippen molar-refractivity contribution >= 4 is 15.9 Å².